The van der Waals surface area contributed by atoms with Crippen LogP contribution in [-0.2, 0) is 15.8 Å². The Labute approximate surface area is 232 Å². The number of hydrogen-bond donors (Lipinski definition) is 2. The van der Waals surface area contributed by atoms with Gasteiger partial charge in [0.2, 0.25) is 6.43 Å². The summed E-state index contributed by atoms with van der Waals surface area (Å²) in [6, 6.07) is 3.21. The van der Waals surface area contributed by atoms with Crippen molar-refractivity contribution < 1.29 is 22.6 Å². The Bertz CT molecular complexity index is 1090. The number of carbonyl (C=O) groups is 2. The Balaban J connectivity index is 1.48. The maximum atomic E-state index is 13.0. The summed E-state index contributed by atoms with van der Waals surface area (Å²) in [4.78, 5) is 30.4. The van der Waals surface area contributed by atoms with Gasteiger partial charge < -0.3 is 11.1 Å². The van der Waals surface area contributed by atoms with Crippen molar-refractivity contribution in [2.24, 2.45) is 10.7 Å². The molecule has 1 saturated heterocycles. The molecule has 2 aliphatic rings. The van der Waals surface area contributed by atoms with E-state index in [0.717, 1.165) is 54.6 Å². The number of halogens is 2. The van der Waals surface area contributed by atoms with E-state index in [2.05, 4.69) is 5.32 Å². The molecule has 3 rings (SSSR count). The molecule has 2 heterocycles. The maximum absolute atomic E-state index is 13.0. The smallest absolute Gasteiger partial charge is 0.318 e. The summed E-state index contributed by atoms with van der Waals surface area (Å²) < 4.78 is 39.2. The molecule has 0 saturated carbocycles. The largest absolute Gasteiger partial charge is 0.351 e. The van der Waals surface area contributed by atoms with E-state index in [1.807, 2.05) is 36.4 Å². The number of piperidine rings is 1. The number of amides is 3. The van der Waals surface area contributed by atoms with Crippen LogP contribution in [0, 0.1) is 13.8 Å². The lowest BCUT2D eigenvalue weighted by Crippen LogP contribution is -2.49. The molecule has 1 spiro atoms. The Hall–Kier alpha value is -2.66. The molecule has 39 heavy (non-hydrogen) atoms. The van der Waals surface area contributed by atoms with E-state index >= 15 is 0 Å². The molecule has 3 N–H and O–H groups in total. The van der Waals surface area contributed by atoms with Crippen LogP contribution in [0.15, 0.2) is 22.5 Å². The van der Waals surface area contributed by atoms with Gasteiger partial charge in [0, 0.05) is 44.1 Å². The zero-order valence-electron chi connectivity index (χ0n) is 23.2. The quantitative estimate of drug-likeness (QED) is 0.321. The van der Waals surface area contributed by atoms with Crippen molar-refractivity contribution in [3.63, 3.8) is 0 Å². The van der Waals surface area contributed by atoms with Crippen molar-refractivity contribution in [1.29, 1.82) is 0 Å². The fourth-order valence-corrected chi connectivity index (χ4v) is 6.09. The minimum Gasteiger partial charge on any atom is -0.351 e. The van der Waals surface area contributed by atoms with Gasteiger partial charge in [-0.05, 0) is 74.4 Å². The van der Waals surface area contributed by atoms with E-state index in [1.165, 1.54) is 4.90 Å². The van der Waals surface area contributed by atoms with Gasteiger partial charge in [-0.15, -0.1) is 0 Å². The molecule has 0 bridgehead atoms. The SMILES string of the molecule is Cc1cc(N(C)C(N)=O)cc(C)c1/C=C/S(=O)N1CCC2(CC1)N=C(CCCCCCCCC(F)F)NC2=O. The van der Waals surface area contributed by atoms with Crippen LogP contribution in [0.2, 0.25) is 0 Å². The molecule has 3 amide bonds. The van der Waals surface area contributed by atoms with Crippen LogP contribution in [0.1, 0.15) is 80.9 Å². The second-order valence-electron chi connectivity index (χ2n) is 10.5. The highest BCUT2D eigenvalue weighted by molar-refractivity contribution is 7.85. The third kappa shape index (κ3) is 8.41. The highest BCUT2D eigenvalue weighted by Gasteiger charge is 2.46. The van der Waals surface area contributed by atoms with Gasteiger partial charge in [0.25, 0.3) is 5.91 Å². The lowest BCUT2D eigenvalue weighted by Gasteiger charge is -2.33. The van der Waals surface area contributed by atoms with Crippen molar-refractivity contribution in [2.75, 3.05) is 25.0 Å². The van der Waals surface area contributed by atoms with Crippen LogP contribution < -0.4 is 16.0 Å². The number of alkyl halides is 2. The van der Waals surface area contributed by atoms with Crippen LogP contribution in [0.5, 0.6) is 0 Å². The summed E-state index contributed by atoms with van der Waals surface area (Å²) in [7, 11) is 0.270. The molecule has 1 aromatic carbocycles. The number of nitrogens with zero attached hydrogens (tertiary/aromatic N) is 3. The first-order valence-corrected chi connectivity index (χ1v) is 14.9. The molecule has 0 aromatic heterocycles. The van der Waals surface area contributed by atoms with Crippen molar-refractivity contribution in [3.05, 3.63) is 34.2 Å². The minimum atomic E-state index is -2.21. The first-order valence-electron chi connectivity index (χ1n) is 13.7. The topological polar surface area (TPSA) is 108 Å². The fourth-order valence-electron chi connectivity index (χ4n) is 5.12. The average Bonchev–Trinajstić information content (AvgIpc) is 3.18. The van der Waals surface area contributed by atoms with Gasteiger partial charge in [-0.25, -0.2) is 22.1 Å². The predicted molar refractivity (Wildman–Crippen MR) is 153 cm³/mol. The second kappa shape index (κ2) is 14.1. The normalized spacial score (nSPS) is 18.1. The Morgan fingerprint density at radius 3 is 2.33 bits per heavy atom. The number of nitrogens with two attached hydrogens (primary N) is 1. The summed E-state index contributed by atoms with van der Waals surface area (Å²) in [6.45, 7) is 4.87. The number of unbranched alkanes of at least 4 members (excludes halogenated alkanes) is 5. The summed E-state index contributed by atoms with van der Waals surface area (Å²) in [5.41, 5.74) is 8.14. The summed E-state index contributed by atoms with van der Waals surface area (Å²) >= 11 is 0. The molecule has 1 aromatic rings. The molecule has 11 heteroatoms. The number of benzene rings is 1. The average molecular weight is 566 g/mol. The molecular weight excluding hydrogens is 524 g/mol. The van der Waals surface area contributed by atoms with E-state index in [1.54, 1.807) is 12.5 Å². The zero-order chi connectivity index (χ0) is 28.6. The first kappa shape index (κ1) is 30.9. The number of rotatable bonds is 13. The summed E-state index contributed by atoms with van der Waals surface area (Å²) in [6.07, 6.45) is 6.59. The van der Waals surface area contributed by atoms with Gasteiger partial charge >= 0.3 is 6.03 Å². The lowest BCUT2D eigenvalue weighted by molar-refractivity contribution is -0.124. The van der Waals surface area contributed by atoms with E-state index in [4.69, 9.17) is 10.7 Å². The van der Waals surface area contributed by atoms with Crippen LogP contribution in [0.25, 0.3) is 6.08 Å². The van der Waals surface area contributed by atoms with Crippen molar-refractivity contribution >= 4 is 40.5 Å². The number of aliphatic imine (C=N–C) groups is 1. The van der Waals surface area contributed by atoms with E-state index in [9.17, 15) is 22.6 Å². The molecule has 2 aliphatic heterocycles. The molecule has 0 aliphatic carbocycles. The molecule has 1 fully saturated rings. The van der Waals surface area contributed by atoms with E-state index in [0.29, 0.717) is 44.5 Å². The number of urea groups is 1. The number of carbonyl (C=O) groups excluding carboxylic acids is 2. The van der Waals surface area contributed by atoms with Crippen LogP contribution in [0.3, 0.4) is 0 Å². The number of aryl methyl sites for hydroxylation is 2. The zero-order valence-corrected chi connectivity index (χ0v) is 24.0. The van der Waals surface area contributed by atoms with Gasteiger partial charge in [0.15, 0.2) is 0 Å². The van der Waals surface area contributed by atoms with Crippen LogP contribution in [0.4, 0.5) is 19.3 Å². The Kier molecular flexibility index (Phi) is 11.2. The lowest BCUT2D eigenvalue weighted by atomic mass is 9.89. The van der Waals surface area contributed by atoms with Crippen LogP contribution >= 0.6 is 0 Å². The standard InChI is InChI=1S/C28H41F2N5O3S/c1-20-18-22(34(3)27(31)37)19-21(2)23(20)12-17-39(38)35-15-13-28(14-16-35)26(36)32-25(33-28)11-9-7-5-4-6-8-10-24(29)30/h12,17-19,24H,4-11,13-16H2,1-3H3,(H2,31,37)(H,32,33,36)/b17-12+. The van der Waals surface area contributed by atoms with Gasteiger partial charge in [-0.3, -0.25) is 14.7 Å². The fraction of sp³-hybridized carbons (Fsp3) is 0.607. The third-order valence-electron chi connectivity index (χ3n) is 7.57. The monoisotopic (exact) mass is 565 g/mol. The number of anilines is 1. The number of nitrogens with one attached hydrogen (secondary N) is 1. The van der Waals surface area contributed by atoms with Gasteiger partial charge in [0.05, 0.1) is 0 Å². The first-order chi connectivity index (χ1) is 18.5. The molecular formula is C28H41F2N5O3S. The number of hydrogen-bond acceptors (Lipinski definition) is 4. The number of primary amides is 1. The third-order valence-corrected chi connectivity index (χ3v) is 8.81. The predicted octanol–water partition coefficient (Wildman–Crippen LogP) is 5.20. The van der Waals surface area contributed by atoms with Gasteiger partial charge in [0.1, 0.15) is 22.4 Å². The summed E-state index contributed by atoms with van der Waals surface area (Å²) in [5.74, 6) is 0.654. The van der Waals surface area contributed by atoms with Gasteiger partial charge in [-0.2, -0.15) is 0 Å². The summed E-state index contributed by atoms with van der Waals surface area (Å²) in [5, 5.41) is 4.62. The second-order valence-corrected chi connectivity index (χ2v) is 11.8. The molecule has 1 atom stereocenters. The van der Waals surface area contributed by atoms with Crippen molar-refractivity contribution in [3.8, 4) is 0 Å². The van der Waals surface area contributed by atoms with E-state index < -0.39 is 29.0 Å². The van der Waals surface area contributed by atoms with Crippen LogP contribution in [-0.4, -0.2) is 58.4 Å². The van der Waals surface area contributed by atoms with E-state index in [-0.39, 0.29) is 12.3 Å². The van der Waals surface area contributed by atoms with Gasteiger partial charge in [-0.1, -0.05) is 25.7 Å². The highest BCUT2D eigenvalue weighted by Crippen LogP contribution is 2.32. The van der Waals surface area contributed by atoms with Crippen molar-refractivity contribution in [1.82, 2.24) is 9.62 Å². The molecule has 0 radical (unpaired) electrons. The minimum absolute atomic E-state index is 0.0168. The molecule has 216 valence electrons. The molecule has 8 nitrogen and oxygen atoms in total. The molecule has 1 unspecified atom stereocenters. The van der Waals surface area contributed by atoms with Crippen molar-refractivity contribution in [2.45, 2.75) is 90.0 Å². The maximum Gasteiger partial charge on any atom is 0.318 e. The number of amidine groups is 1. The highest BCUT2D eigenvalue weighted by atomic mass is 32.2. The Morgan fingerprint density at radius 2 is 1.74 bits per heavy atom. The Morgan fingerprint density at radius 1 is 1.15 bits per heavy atom.